The number of benzene rings is 3. The van der Waals surface area contributed by atoms with Crippen LogP contribution in [0.25, 0.3) is 0 Å². The predicted molar refractivity (Wildman–Crippen MR) is 136 cm³/mol. The van der Waals surface area contributed by atoms with E-state index in [4.69, 9.17) is 23.2 Å². The minimum Gasteiger partial charge on any atom is -0.274 e. The highest BCUT2D eigenvalue weighted by atomic mass is 127. The number of carbonyl (C=O) groups excluding carboxylic acids is 2. The summed E-state index contributed by atoms with van der Waals surface area (Å²) in [5, 5.41) is 0.740. The van der Waals surface area contributed by atoms with Gasteiger partial charge in [0.25, 0.3) is 5.91 Å². The van der Waals surface area contributed by atoms with Crippen LogP contribution in [0.15, 0.2) is 77.7 Å². The van der Waals surface area contributed by atoms with Gasteiger partial charge < -0.3 is 0 Å². The standard InChI is InChI=1S/C23H17Cl2IN2O4S/c24-16-5-11-19(12-6-16)33(31,32)27(14-15-3-1-2-4-20(15)25)21-13-22(29)28(23(21)30)18-9-7-17(26)8-10-18/h1-12,21H,13-14H2. The van der Waals surface area contributed by atoms with Gasteiger partial charge in [-0.15, -0.1) is 0 Å². The summed E-state index contributed by atoms with van der Waals surface area (Å²) in [4.78, 5) is 27.2. The van der Waals surface area contributed by atoms with Gasteiger partial charge >= 0.3 is 0 Å². The number of hydrogen-bond acceptors (Lipinski definition) is 4. The predicted octanol–water partition coefficient (Wildman–Crippen LogP) is 5.12. The van der Waals surface area contributed by atoms with Crippen molar-refractivity contribution in [3.8, 4) is 0 Å². The molecule has 1 saturated heterocycles. The number of carbonyl (C=O) groups is 2. The average Bonchev–Trinajstić information content (AvgIpc) is 3.07. The molecular weight excluding hydrogens is 598 g/mol. The molecular formula is C23H17Cl2IN2O4S. The van der Waals surface area contributed by atoms with Crippen molar-refractivity contribution in [2.24, 2.45) is 0 Å². The van der Waals surface area contributed by atoms with E-state index >= 15 is 0 Å². The zero-order valence-electron chi connectivity index (χ0n) is 17.0. The number of amides is 2. The summed E-state index contributed by atoms with van der Waals surface area (Å²) in [6.45, 7) is -0.172. The summed E-state index contributed by atoms with van der Waals surface area (Å²) >= 11 is 14.3. The molecule has 0 bridgehead atoms. The van der Waals surface area contributed by atoms with Crippen molar-refractivity contribution in [2.45, 2.75) is 23.9 Å². The van der Waals surface area contributed by atoms with Crippen molar-refractivity contribution in [3.63, 3.8) is 0 Å². The molecule has 33 heavy (non-hydrogen) atoms. The summed E-state index contributed by atoms with van der Waals surface area (Å²) in [7, 11) is -4.17. The lowest BCUT2D eigenvalue weighted by molar-refractivity contribution is -0.122. The van der Waals surface area contributed by atoms with Crippen molar-refractivity contribution in [1.29, 1.82) is 0 Å². The molecule has 0 aliphatic carbocycles. The van der Waals surface area contributed by atoms with E-state index in [2.05, 4.69) is 22.6 Å². The first-order valence-electron chi connectivity index (χ1n) is 9.81. The number of sulfonamides is 1. The summed E-state index contributed by atoms with van der Waals surface area (Å²) in [5.74, 6) is -1.08. The first kappa shape index (κ1) is 24.2. The van der Waals surface area contributed by atoms with E-state index in [1.54, 1.807) is 48.5 Å². The topological polar surface area (TPSA) is 74.8 Å². The highest BCUT2D eigenvalue weighted by Crippen LogP contribution is 2.32. The molecule has 0 spiro atoms. The third-order valence-electron chi connectivity index (χ3n) is 5.26. The van der Waals surface area contributed by atoms with Crippen molar-refractivity contribution >= 4 is 73.3 Å². The van der Waals surface area contributed by atoms with Gasteiger partial charge in [-0.2, -0.15) is 4.31 Å². The molecule has 0 saturated carbocycles. The van der Waals surface area contributed by atoms with Crippen LogP contribution in [0.4, 0.5) is 5.69 Å². The van der Waals surface area contributed by atoms with Gasteiger partial charge in [-0.1, -0.05) is 41.4 Å². The minimum absolute atomic E-state index is 0.0353. The lowest BCUT2D eigenvalue weighted by Crippen LogP contribution is -2.45. The smallest absolute Gasteiger partial charge is 0.252 e. The third kappa shape index (κ3) is 4.95. The van der Waals surface area contributed by atoms with Crippen molar-refractivity contribution in [1.82, 2.24) is 4.31 Å². The van der Waals surface area contributed by atoms with Crippen LogP contribution in [0, 0.1) is 3.57 Å². The lowest BCUT2D eigenvalue weighted by Gasteiger charge is -2.27. The Kier molecular flexibility index (Phi) is 7.11. The Morgan fingerprint density at radius 1 is 0.939 bits per heavy atom. The molecule has 6 nitrogen and oxygen atoms in total. The Bertz CT molecular complexity index is 1320. The highest BCUT2D eigenvalue weighted by Gasteiger charge is 2.47. The van der Waals surface area contributed by atoms with Crippen LogP contribution in [0.3, 0.4) is 0 Å². The molecule has 0 radical (unpaired) electrons. The zero-order valence-corrected chi connectivity index (χ0v) is 21.5. The molecule has 2 amide bonds. The van der Waals surface area contributed by atoms with Crippen LogP contribution in [-0.2, 0) is 26.2 Å². The number of rotatable bonds is 6. The number of imide groups is 1. The summed E-state index contributed by atoms with van der Waals surface area (Å²) in [6, 6.07) is 18.1. The van der Waals surface area contributed by atoms with Crippen LogP contribution in [0.2, 0.25) is 10.0 Å². The van der Waals surface area contributed by atoms with Gasteiger partial charge in [0.2, 0.25) is 15.9 Å². The van der Waals surface area contributed by atoms with Crippen LogP contribution in [0.1, 0.15) is 12.0 Å². The summed E-state index contributed by atoms with van der Waals surface area (Å²) < 4.78 is 29.3. The second-order valence-corrected chi connectivity index (χ2v) is 11.3. The van der Waals surface area contributed by atoms with Crippen LogP contribution in [-0.4, -0.2) is 30.6 Å². The fraction of sp³-hybridized carbons (Fsp3) is 0.130. The molecule has 1 aliphatic rings. The second-order valence-electron chi connectivity index (χ2n) is 7.36. The maximum Gasteiger partial charge on any atom is 0.252 e. The first-order valence-corrected chi connectivity index (χ1v) is 13.1. The van der Waals surface area contributed by atoms with Crippen LogP contribution >= 0.6 is 45.8 Å². The van der Waals surface area contributed by atoms with E-state index < -0.39 is 27.9 Å². The lowest BCUT2D eigenvalue weighted by atomic mass is 10.2. The van der Waals surface area contributed by atoms with Gasteiger partial charge in [0.05, 0.1) is 17.0 Å². The van der Waals surface area contributed by atoms with Crippen LogP contribution < -0.4 is 4.90 Å². The normalized spacial score (nSPS) is 16.6. The zero-order chi connectivity index (χ0) is 23.8. The number of anilines is 1. The number of nitrogens with zero attached hydrogens (tertiary/aromatic N) is 2. The quantitative estimate of drug-likeness (QED) is 0.285. The molecule has 4 rings (SSSR count). The Labute approximate surface area is 215 Å². The summed E-state index contributed by atoms with van der Waals surface area (Å²) in [5.41, 5.74) is 0.916. The van der Waals surface area contributed by atoms with Gasteiger partial charge in [0.1, 0.15) is 6.04 Å². The molecule has 1 atom stereocenters. The molecule has 1 heterocycles. The van der Waals surface area contributed by atoms with Crippen molar-refractivity contribution < 1.29 is 18.0 Å². The molecule has 1 fully saturated rings. The molecule has 3 aromatic rings. The van der Waals surface area contributed by atoms with E-state index in [9.17, 15) is 18.0 Å². The Balaban J connectivity index is 1.77. The maximum absolute atomic E-state index is 13.6. The van der Waals surface area contributed by atoms with Crippen molar-refractivity contribution in [2.75, 3.05) is 4.90 Å². The molecule has 1 unspecified atom stereocenters. The van der Waals surface area contributed by atoms with Gasteiger partial charge in [-0.25, -0.2) is 13.3 Å². The van der Waals surface area contributed by atoms with Gasteiger partial charge in [-0.3, -0.25) is 9.59 Å². The first-order chi connectivity index (χ1) is 15.7. The molecule has 10 heteroatoms. The van der Waals surface area contributed by atoms with E-state index in [0.29, 0.717) is 21.3 Å². The fourth-order valence-electron chi connectivity index (χ4n) is 3.60. The van der Waals surface area contributed by atoms with E-state index in [1.807, 2.05) is 0 Å². The van der Waals surface area contributed by atoms with Crippen molar-refractivity contribution in [3.05, 3.63) is 92.0 Å². The molecule has 1 aliphatic heterocycles. The van der Waals surface area contributed by atoms with Gasteiger partial charge in [0, 0.05) is 20.2 Å². The monoisotopic (exact) mass is 614 g/mol. The van der Waals surface area contributed by atoms with E-state index in [-0.39, 0.29) is 17.9 Å². The third-order valence-corrected chi connectivity index (χ3v) is 8.47. The minimum atomic E-state index is -4.17. The summed E-state index contributed by atoms with van der Waals surface area (Å²) in [6.07, 6.45) is -0.276. The van der Waals surface area contributed by atoms with Gasteiger partial charge in [-0.05, 0) is 82.8 Å². The highest BCUT2D eigenvalue weighted by molar-refractivity contribution is 14.1. The average molecular weight is 615 g/mol. The largest absolute Gasteiger partial charge is 0.274 e. The Morgan fingerprint density at radius 3 is 2.21 bits per heavy atom. The van der Waals surface area contributed by atoms with Gasteiger partial charge in [0.15, 0.2) is 0 Å². The molecule has 3 aromatic carbocycles. The number of hydrogen-bond donors (Lipinski definition) is 0. The second kappa shape index (κ2) is 9.71. The SMILES string of the molecule is O=C1CC(N(Cc2ccccc2Cl)S(=O)(=O)c2ccc(Cl)cc2)C(=O)N1c1ccc(I)cc1. The molecule has 170 valence electrons. The Morgan fingerprint density at radius 2 is 1.58 bits per heavy atom. The van der Waals surface area contributed by atoms with E-state index in [1.165, 1.54) is 24.3 Å². The van der Waals surface area contributed by atoms with E-state index in [0.717, 1.165) is 12.8 Å². The fourth-order valence-corrected chi connectivity index (χ4v) is 5.84. The Hall–Kier alpha value is -1.98. The number of halogens is 3. The maximum atomic E-state index is 13.6. The molecule has 0 aromatic heterocycles. The molecule has 0 N–H and O–H groups in total. The van der Waals surface area contributed by atoms with Crippen LogP contribution in [0.5, 0.6) is 0 Å².